The molecule has 0 spiro atoms. The predicted molar refractivity (Wildman–Crippen MR) is 55.9 cm³/mol. The highest BCUT2D eigenvalue weighted by atomic mass is 35.5. The minimum Gasteiger partial charge on any atom is -0.497 e. The molecule has 0 unspecified atom stereocenters. The van der Waals surface area contributed by atoms with Crippen LogP contribution in [0, 0.1) is 6.92 Å². The molecule has 2 nitrogen and oxygen atoms in total. The third-order valence-electron chi connectivity index (χ3n) is 2.69. The number of halogens is 1. The summed E-state index contributed by atoms with van der Waals surface area (Å²) in [5, 5.41) is 10.6. The summed E-state index contributed by atoms with van der Waals surface area (Å²) in [6.07, 6.45) is 1.58. The molecule has 0 aromatic heterocycles. The van der Waals surface area contributed by atoms with Crippen LogP contribution in [0.2, 0.25) is 5.02 Å². The highest BCUT2D eigenvalue weighted by molar-refractivity contribution is 6.32. The van der Waals surface area contributed by atoms with Crippen molar-refractivity contribution < 1.29 is 9.84 Å². The van der Waals surface area contributed by atoms with E-state index in [1.807, 2.05) is 19.1 Å². The summed E-state index contributed by atoms with van der Waals surface area (Å²) in [5.41, 5.74) is 1.05. The quantitative estimate of drug-likeness (QED) is 0.817. The van der Waals surface area contributed by atoms with Crippen LogP contribution in [0.5, 0.6) is 5.75 Å². The Morgan fingerprint density at radius 1 is 1.43 bits per heavy atom. The van der Waals surface area contributed by atoms with Gasteiger partial charge >= 0.3 is 0 Å². The van der Waals surface area contributed by atoms with Gasteiger partial charge in [-0.3, -0.25) is 0 Å². The molecule has 2 rings (SSSR count). The molecular weight excluding hydrogens is 200 g/mol. The van der Waals surface area contributed by atoms with Crippen molar-refractivity contribution in [3.05, 3.63) is 28.3 Å². The Bertz CT molecular complexity index is 370. The highest BCUT2D eigenvalue weighted by Gasteiger charge is 2.44. The number of aliphatic hydroxyl groups is 1. The number of hydrogen-bond acceptors (Lipinski definition) is 2. The molecule has 1 saturated carbocycles. The Labute approximate surface area is 88.5 Å². The molecule has 0 saturated heterocycles. The summed E-state index contributed by atoms with van der Waals surface area (Å²) in [6, 6.07) is 3.69. The van der Waals surface area contributed by atoms with Gasteiger partial charge < -0.3 is 9.84 Å². The largest absolute Gasteiger partial charge is 0.497 e. The molecule has 0 atom stereocenters. The average molecular weight is 213 g/mol. The molecular formula is C11H13ClO2. The fourth-order valence-electron chi connectivity index (χ4n) is 1.58. The number of benzene rings is 1. The normalized spacial score (nSPS) is 18.0. The summed E-state index contributed by atoms with van der Waals surface area (Å²) in [4.78, 5) is 0. The van der Waals surface area contributed by atoms with Crippen LogP contribution >= 0.6 is 11.6 Å². The van der Waals surface area contributed by atoms with E-state index in [0.29, 0.717) is 5.02 Å². The summed E-state index contributed by atoms with van der Waals surface area (Å²) in [6.45, 7) is 1.92. The smallest absolute Gasteiger partial charge is 0.119 e. The van der Waals surface area contributed by atoms with Gasteiger partial charge in [0, 0.05) is 10.6 Å². The van der Waals surface area contributed by atoms with Gasteiger partial charge in [-0.2, -0.15) is 0 Å². The van der Waals surface area contributed by atoms with Crippen LogP contribution in [0.1, 0.15) is 24.0 Å². The van der Waals surface area contributed by atoms with Gasteiger partial charge in [0.15, 0.2) is 0 Å². The van der Waals surface area contributed by atoms with Gasteiger partial charge in [0.25, 0.3) is 0 Å². The third kappa shape index (κ3) is 1.49. The number of ether oxygens (including phenoxy) is 1. The molecule has 0 bridgehead atoms. The van der Waals surface area contributed by atoms with Crippen LogP contribution in [-0.4, -0.2) is 12.2 Å². The Kier molecular flexibility index (Phi) is 2.20. The van der Waals surface area contributed by atoms with E-state index in [1.54, 1.807) is 7.11 Å². The van der Waals surface area contributed by atoms with Gasteiger partial charge in [0.1, 0.15) is 5.75 Å². The lowest BCUT2D eigenvalue weighted by Crippen LogP contribution is -2.06. The van der Waals surface area contributed by atoms with Crippen LogP contribution in [0.15, 0.2) is 12.1 Å². The van der Waals surface area contributed by atoms with Crippen molar-refractivity contribution in [2.75, 3.05) is 7.11 Å². The molecule has 76 valence electrons. The molecule has 1 aliphatic carbocycles. The maximum absolute atomic E-state index is 9.99. The molecule has 1 aliphatic rings. The van der Waals surface area contributed by atoms with Crippen LogP contribution < -0.4 is 4.74 Å². The first-order chi connectivity index (χ1) is 6.57. The van der Waals surface area contributed by atoms with E-state index in [0.717, 1.165) is 29.7 Å². The zero-order valence-corrected chi connectivity index (χ0v) is 9.06. The molecule has 0 heterocycles. The number of rotatable bonds is 2. The minimum atomic E-state index is -0.698. The standard InChI is InChI=1S/C11H13ClO2/c1-7-5-8(14-2)6-9(10(7)12)11(13)3-4-11/h5-6,13H,3-4H2,1-2H3. The SMILES string of the molecule is COc1cc(C)c(Cl)c(C2(O)CC2)c1. The van der Waals surface area contributed by atoms with Crippen molar-refractivity contribution in [3.8, 4) is 5.75 Å². The van der Waals surface area contributed by atoms with Gasteiger partial charge in [-0.05, 0) is 37.5 Å². The maximum Gasteiger partial charge on any atom is 0.119 e. The van der Waals surface area contributed by atoms with E-state index in [9.17, 15) is 5.11 Å². The molecule has 3 heteroatoms. The lowest BCUT2D eigenvalue weighted by atomic mass is 10.0. The predicted octanol–water partition coefficient (Wildman–Crippen LogP) is 2.64. The second kappa shape index (κ2) is 3.14. The van der Waals surface area contributed by atoms with Crippen LogP contribution in [0.25, 0.3) is 0 Å². The lowest BCUT2D eigenvalue weighted by Gasteiger charge is -2.14. The number of hydrogen-bond donors (Lipinski definition) is 1. The van der Waals surface area contributed by atoms with Crippen LogP contribution in [0.3, 0.4) is 0 Å². The van der Waals surface area contributed by atoms with Gasteiger partial charge in [-0.1, -0.05) is 11.6 Å². The molecule has 1 fully saturated rings. The fraction of sp³-hybridized carbons (Fsp3) is 0.455. The van der Waals surface area contributed by atoms with Gasteiger partial charge in [0.05, 0.1) is 12.7 Å². The van der Waals surface area contributed by atoms with Crippen molar-refractivity contribution in [2.24, 2.45) is 0 Å². The Morgan fingerprint density at radius 3 is 2.57 bits per heavy atom. The van der Waals surface area contributed by atoms with E-state index in [2.05, 4.69) is 0 Å². The molecule has 1 aromatic rings. The summed E-state index contributed by atoms with van der Waals surface area (Å²) < 4.78 is 5.14. The van der Waals surface area contributed by atoms with Crippen molar-refractivity contribution in [1.82, 2.24) is 0 Å². The van der Waals surface area contributed by atoms with E-state index < -0.39 is 5.60 Å². The first-order valence-corrected chi connectivity index (χ1v) is 5.01. The van der Waals surface area contributed by atoms with E-state index in [-0.39, 0.29) is 0 Å². The lowest BCUT2D eigenvalue weighted by molar-refractivity contribution is 0.151. The van der Waals surface area contributed by atoms with Gasteiger partial charge in [-0.15, -0.1) is 0 Å². The van der Waals surface area contributed by atoms with Gasteiger partial charge in [0.2, 0.25) is 0 Å². The number of methoxy groups -OCH3 is 1. The highest BCUT2D eigenvalue weighted by Crippen LogP contribution is 2.49. The third-order valence-corrected chi connectivity index (χ3v) is 3.19. The summed E-state index contributed by atoms with van der Waals surface area (Å²) >= 11 is 6.13. The van der Waals surface area contributed by atoms with Crippen LogP contribution in [-0.2, 0) is 5.60 Å². The van der Waals surface area contributed by atoms with E-state index in [1.165, 1.54) is 0 Å². The first-order valence-electron chi connectivity index (χ1n) is 4.64. The zero-order chi connectivity index (χ0) is 10.3. The fourth-order valence-corrected chi connectivity index (χ4v) is 1.87. The second-order valence-corrected chi connectivity index (χ2v) is 4.22. The maximum atomic E-state index is 9.99. The van der Waals surface area contributed by atoms with Crippen molar-refractivity contribution in [3.63, 3.8) is 0 Å². The Hall–Kier alpha value is -0.730. The Morgan fingerprint density at radius 2 is 2.07 bits per heavy atom. The van der Waals surface area contributed by atoms with E-state index in [4.69, 9.17) is 16.3 Å². The molecule has 14 heavy (non-hydrogen) atoms. The summed E-state index contributed by atoms with van der Waals surface area (Å²) in [5.74, 6) is 0.752. The molecule has 0 radical (unpaired) electrons. The van der Waals surface area contributed by atoms with Gasteiger partial charge in [-0.25, -0.2) is 0 Å². The number of aryl methyl sites for hydroxylation is 1. The molecule has 0 aliphatic heterocycles. The molecule has 0 amide bonds. The van der Waals surface area contributed by atoms with Crippen molar-refractivity contribution in [1.29, 1.82) is 0 Å². The average Bonchev–Trinajstić information content (AvgIpc) is 2.89. The van der Waals surface area contributed by atoms with E-state index >= 15 is 0 Å². The van der Waals surface area contributed by atoms with Crippen LogP contribution in [0.4, 0.5) is 0 Å². The first kappa shape index (κ1) is 9.81. The monoisotopic (exact) mass is 212 g/mol. The summed E-state index contributed by atoms with van der Waals surface area (Å²) in [7, 11) is 1.61. The second-order valence-electron chi connectivity index (χ2n) is 3.84. The zero-order valence-electron chi connectivity index (χ0n) is 8.30. The molecule has 1 aromatic carbocycles. The minimum absolute atomic E-state index is 0.658. The molecule has 1 N–H and O–H groups in total. The van der Waals surface area contributed by atoms with Crippen molar-refractivity contribution >= 4 is 11.6 Å². The Balaban J connectivity index is 2.52. The topological polar surface area (TPSA) is 29.5 Å². The van der Waals surface area contributed by atoms with Crippen molar-refractivity contribution in [2.45, 2.75) is 25.4 Å².